The number of phenolic OH excluding ortho intramolecular Hbond substituents is 1. The van der Waals surface area contributed by atoms with E-state index in [9.17, 15) is 38.0 Å². The fraction of sp³-hybridized carbons (Fsp3) is 0.429. The van der Waals surface area contributed by atoms with Crippen LogP contribution in [0.4, 0.5) is 23.7 Å². The van der Waals surface area contributed by atoms with Gasteiger partial charge in [-0.3, -0.25) is 20.2 Å². The van der Waals surface area contributed by atoms with E-state index in [4.69, 9.17) is 0 Å². The van der Waals surface area contributed by atoms with Gasteiger partial charge in [-0.2, -0.15) is 13.2 Å². The molecule has 144 valence electrons. The molecule has 0 bridgehead atoms. The van der Waals surface area contributed by atoms with Crippen molar-refractivity contribution in [3.8, 4) is 11.5 Å². The van der Waals surface area contributed by atoms with Crippen molar-refractivity contribution in [1.82, 2.24) is 10.2 Å². The largest absolute Gasteiger partial charge is 0.499 e. The van der Waals surface area contributed by atoms with Crippen LogP contribution in [-0.2, 0) is 6.18 Å². The van der Waals surface area contributed by atoms with Gasteiger partial charge in [0.15, 0.2) is 5.75 Å². The fourth-order valence-corrected chi connectivity index (χ4v) is 2.17. The second-order valence-electron chi connectivity index (χ2n) is 4.89. The molecular weight excluding hydrogens is 363 g/mol. The number of rotatable bonds is 5. The Labute approximate surface area is 145 Å². The first-order valence-electron chi connectivity index (χ1n) is 7.25. The number of phenols is 1. The Kier molecular flexibility index (Phi) is 6.37. The summed E-state index contributed by atoms with van der Waals surface area (Å²) in [7, 11) is 0.891. The van der Waals surface area contributed by atoms with E-state index in [1.165, 1.54) is 0 Å². The maximum absolute atomic E-state index is 13.3. The molecule has 0 spiro atoms. The van der Waals surface area contributed by atoms with Crippen molar-refractivity contribution in [2.24, 2.45) is 0 Å². The Bertz CT molecular complexity index is 732. The van der Waals surface area contributed by atoms with E-state index >= 15 is 0 Å². The second kappa shape index (κ2) is 7.89. The first-order valence-corrected chi connectivity index (χ1v) is 7.25. The quantitative estimate of drug-likeness (QED) is 0.599. The van der Waals surface area contributed by atoms with Gasteiger partial charge >= 0.3 is 17.9 Å². The van der Waals surface area contributed by atoms with Gasteiger partial charge in [0.1, 0.15) is 5.56 Å². The summed E-state index contributed by atoms with van der Waals surface area (Å²) in [6.07, 6.45) is -5.18. The molecule has 1 aromatic rings. The van der Waals surface area contributed by atoms with Crippen molar-refractivity contribution in [3.05, 3.63) is 27.3 Å². The SMILES string of the molecule is CCN(CC)C(=O)NC(=O)c1c(C(F)(F)F)cc(OC)c(O)c1[N+](=O)[O-]. The standard InChI is InChI=1S/C14H16F3N3O6/c1-4-19(5-2)13(23)18-12(22)9-7(14(15,16)17)6-8(26-3)11(21)10(9)20(24)25/h6,21H,4-5H2,1-3H3,(H,18,22,23). The van der Waals surface area contributed by atoms with Gasteiger partial charge in [-0.25, -0.2) is 4.79 Å². The summed E-state index contributed by atoms with van der Waals surface area (Å²) < 4.78 is 44.4. The molecule has 0 saturated heterocycles. The minimum Gasteiger partial charge on any atom is -0.499 e. The highest BCUT2D eigenvalue weighted by Gasteiger charge is 2.43. The maximum atomic E-state index is 13.3. The third-order valence-corrected chi connectivity index (χ3v) is 3.45. The minimum absolute atomic E-state index is 0.150. The number of nitro groups is 1. The molecule has 3 amide bonds. The number of nitro benzene ring substituents is 1. The third kappa shape index (κ3) is 4.13. The molecule has 0 radical (unpaired) electrons. The summed E-state index contributed by atoms with van der Waals surface area (Å²) >= 11 is 0. The van der Waals surface area contributed by atoms with E-state index in [0.717, 1.165) is 12.0 Å². The maximum Gasteiger partial charge on any atom is 0.417 e. The van der Waals surface area contributed by atoms with Crippen molar-refractivity contribution in [2.75, 3.05) is 20.2 Å². The molecule has 0 aromatic heterocycles. The summed E-state index contributed by atoms with van der Waals surface area (Å²) in [5, 5.41) is 22.6. The van der Waals surface area contributed by atoms with Gasteiger partial charge < -0.3 is 14.7 Å². The van der Waals surface area contributed by atoms with Gasteiger partial charge in [0.2, 0.25) is 5.75 Å². The van der Waals surface area contributed by atoms with Gasteiger partial charge in [-0.15, -0.1) is 0 Å². The molecule has 26 heavy (non-hydrogen) atoms. The van der Waals surface area contributed by atoms with Gasteiger partial charge in [-0.1, -0.05) is 0 Å². The molecule has 0 fully saturated rings. The van der Waals surface area contributed by atoms with Crippen LogP contribution >= 0.6 is 0 Å². The Morgan fingerprint density at radius 2 is 1.88 bits per heavy atom. The number of hydrogen-bond acceptors (Lipinski definition) is 6. The van der Waals surface area contributed by atoms with E-state index in [1.54, 1.807) is 19.2 Å². The van der Waals surface area contributed by atoms with Crippen LogP contribution in [0.3, 0.4) is 0 Å². The number of alkyl halides is 3. The van der Waals surface area contributed by atoms with E-state index in [2.05, 4.69) is 4.74 Å². The number of halogens is 3. The van der Waals surface area contributed by atoms with Crippen LogP contribution in [-0.4, -0.2) is 47.1 Å². The highest BCUT2D eigenvalue weighted by Crippen LogP contribution is 2.45. The number of nitrogens with zero attached hydrogens (tertiary/aromatic N) is 2. The van der Waals surface area contributed by atoms with Crippen molar-refractivity contribution >= 4 is 17.6 Å². The van der Waals surface area contributed by atoms with Gasteiger partial charge in [0, 0.05) is 13.1 Å². The lowest BCUT2D eigenvalue weighted by atomic mass is 10.0. The smallest absolute Gasteiger partial charge is 0.417 e. The molecule has 0 heterocycles. The first kappa shape index (κ1) is 21.0. The molecule has 0 unspecified atom stereocenters. The highest BCUT2D eigenvalue weighted by molar-refractivity contribution is 6.08. The van der Waals surface area contributed by atoms with Crippen LogP contribution in [0.25, 0.3) is 0 Å². The van der Waals surface area contributed by atoms with E-state index in [-0.39, 0.29) is 19.2 Å². The monoisotopic (exact) mass is 379 g/mol. The molecular formula is C14H16F3N3O6. The van der Waals surface area contributed by atoms with E-state index < -0.39 is 51.4 Å². The average molecular weight is 379 g/mol. The van der Waals surface area contributed by atoms with E-state index in [1.807, 2.05) is 0 Å². The van der Waals surface area contributed by atoms with Crippen LogP contribution in [0, 0.1) is 10.1 Å². The van der Waals surface area contributed by atoms with E-state index in [0.29, 0.717) is 0 Å². The number of amides is 3. The van der Waals surface area contributed by atoms with Crippen LogP contribution < -0.4 is 10.1 Å². The summed E-state index contributed by atoms with van der Waals surface area (Å²) in [5.41, 5.74) is -4.72. The van der Waals surface area contributed by atoms with Crippen LogP contribution in [0.5, 0.6) is 11.5 Å². The Balaban J connectivity index is 3.62. The lowest BCUT2D eigenvalue weighted by molar-refractivity contribution is -0.386. The van der Waals surface area contributed by atoms with Crippen molar-refractivity contribution < 1.29 is 37.5 Å². The number of carbonyl (C=O) groups is 2. The number of carbonyl (C=O) groups excluding carboxylic acids is 2. The van der Waals surface area contributed by atoms with Crippen molar-refractivity contribution in [2.45, 2.75) is 20.0 Å². The van der Waals surface area contributed by atoms with Crippen molar-refractivity contribution in [3.63, 3.8) is 0 Å². The molecule has 12 heteroatoms. The molecule has 0 aliphatic heterocycles. The number of methoxy groups -OCH3 is 1. The number of urea groups is 1. The van der Waals surface area contributed by atoms with Gasteiger partial charge in [0.05, 0.1) is 17.6 Å². The highest BCUT2D eigenvalue weighted by atomic mass is 19.4. The summed E-state index contributed by atoms with van der Waals surface area (Å²) in [5.74, 6) is -3.76. The molecule has 2 N–H and O–H groups in total. The van der Waals surface area contributed by atoms with Crippen molar-refractivity contribution in [1.29, 1.82) is 0 Å². The number of hydrogen-bond donors (Lipinski definition) is 2. The number of nitrogens with one attached hydrogen (secondary N) is 1. The minimum atomic E-state index is -5.18. The lowest BCUT2D eigenvalue weighted by Crippen LogP contribution is -2.43. The number of ether oxygens (including phenoxy) is 1. The molecule has 0 aliphatic carbocycles. The molecule has 0 saturated carbocycles. The molecule has 1 rings (SSSR count). The Morgan fingerprint density at radius 1 is 1.35 bits per heavy atom. The summed E-state index contributed by atoms with van der Waals surface area (Å²) in [6.45, 7) is 3.43. The molecule has 0 aliphatic rings. The third-order valence-electron chi connectivity index (χ3n) is 3.45. The average Bonchev–Trinajstić information content (AvgIpc) is 2.53. The van der Waals surface area contributed by atoms with Gasteiger partial charge in [-0.05, 0) is 19.9 Å². The summed E-state index contributed by atoms with van der Waals surface area (Å²) in [6, 6.07) is -0.781. The first-order chi connectivity index (χ1) is 12.0. The molecule has 0 atom stereocenters. The second-order valence-corrected chi connectivity index (χ2v) is 4.89. The number of aromatic hydroxyl groups is 1. The number of benzene rings is 1. The molecule has 1 aromatic carbocycles. The van der Waals surface area contributed by atoms with Gasteiger partial charge in [0.25, 0.3) is 5.91 Å². The summed E-state index contributed by atoms with van der Waals surface area (Å²) in [4.78, 5) is 35.0. The fourth-order valence-electron chi connectivity index (χ4n) is 2.17. The topological polar surface area (TPSA) is 122 Å². The lowest BCUT2D eigenvalue weighted by Gasteiger charge is -2.20. The van der Waals surface area contributed by atoms with Crippen LogP contribution in [0.2, 0.25) is 0 Å². The molecule has 9 nitrogen and oxygen atoms in total. The zero-order valence-electron chi connectivity index (χ0n) is 14.0. The normalized spacial score (nSPS) is 11.0. The van der Waals surface area contributed by atoms with Crippen LogP contribution in [0.15, 0.2) is 6.07 Å². The zero-order valence-corrected chi connectivity index (χ0v) is 14.0. The Morgan fingerprint density at radius 3 is 2.27 bits per heavy atom. The predicted molar refractivity (Wildman–Crippen MR) is 82.1 cm³/mol. The van der Waals surface area contributed by atoms with Crippen LogP contribution in [0.1, 0.15) is 29.8 Å². The Hall–Kier alpha value is -3.05. The predicted octanol–water partition coefficient (Wildman–Crippen LogP) is 2.52. The number of imide groups is 1. The zero-order chi connectivity index (χ0) is 20.2.